The highest BCUT2D eigenvalue weighted by atomic mass is 16.3. The topological polar surface area (TPSA) is 48.4 Å². The Morgan fingerprint density at radius 1 is 1.35 bits per heavy atom. The molecule has 2 rings (SSSR count). The van der Waals surface area contributed by atoms with E-state index in [9.17, 15) is 5.11 Å². The van der Waals surface area contributed by atoms with Gasteiger partial charge in [-0.15, -0.1) is 0 Å². The van der Waals surface area contributed by atoms with Gasteiger partial charge in [-0.25, -0.2) is 0 Å². The Labute approximate surface area is 103 Å². The molecule has 1 aliphatic rings. The number of nitrogens with zero attached hydrogens (tertiary/aromatic N) is 2. The van der Waals surface area contributed by atoms with Crippen molar-refractivity contribution < 1.29 is 5.11 Å². The maximum Gasteiger partial charge on any atom is 0.0587 e. The van der Waals surface area contributed by atoms with Crippen molar-refractivity contribution >= 4 is 0 Å². The molecular weight excluding hydrogens is 214 g/mol. The third-order valence-corrected chi connectivity index (χ3v) is 3.34. The van der Waals surface area contributed by atoms with Gasteiger partial charge in [0.05, 0.1) is 6.61 Å². The summed E-state index contributed by atoms with van der Waals surface area (Å²) in [5.74, 6) is 0. The standard InChI is InChI=1S/C13H21N3O/c17-11-13(16-9-7-14-8-10-16)5-4-12-3-1-2-6-15-12/h1-3,6,13-14,17H,4-5,7-11H2. The molecule has 0 bridgehead atoms. The van der Waals surface area contributed by atoms with Crippen LogP contribution in [0.25, 0.3) is 0 Å². The number of hydrogen-bond donors (Lipinski definition) is 2. The molecule has 0 aliphatic carbocycles. The number of rotatable bonds is 5. The minimum absolute atomic E-state index is 0.243. The molecule has 0 aromatic carbocycles. The number of aryl methyl sites for hydroxylation is 1. The fraction of sp³-hybridized carbons (Fsp3) is 0.615. The van der Waals surface area contributed by atoms with Gasteiger partial charge in [0.15, 0.2) is 0 Å². The first-order chi connectivity index (χ1) is 8.40. The summed E-state index contributed by atoms with van der Waals surface area (Å²) in [7, 11) is 0. The third kappa shape index (κ3) is 3.77. The molecule has 1 atom stereocenters. The fourth-order valence-electron chi connectivity index (χ4n) is 2.30. The van der Waals surface area contributed by atoms with E-state index >= 15 is 0 Å². The second-order valence-corrected chi connectivity index (χ2v) is 4.48. The third-order valence-electron chi connectivity index (χ3n) is 3.34. The first-order valence-electron chi connectivity index (χ1n) is 6.35. The fourth-order valence-corrected chi connectivity index (χ4v) is 2.30. The van der Waals surface area contributed by atoms with Crippen LogP contribution in [0.1, 0.15) is 12.1 Å². The lowest BCUT2D eigenvalue weighted by atomic mass is 10.1. The van der Waals surface area contributed by atoms with Crippen molar-refractivity contribution in [1.29, 1.82) is 0 Å². The van der Waals surface area contributed by atoms with Crippen molar-refractivity contribution in [1.82, 2.24) is 15.2 Å². The summed E-state index contributed by atoms with van der Waals surface area (Å²) in [6.07, 6.45) is 3.75. The van der Waals surface area contributed by atoms with Gasteiger partial charge in [0.1, 0.15) is 0 Å². The Hall–Kier alpha value is -0.970. The molecule has 2 heterocycles. The molecule has 4 heteroatoms. The van der Waals surface area contributed by atoms with Crippen LogP contribution in [0.15, 0.2) is 24.4 Å². The summed E-state index contributed by atoms with van der Waals surface area (Å²) >= 11 is 0. The summed E-state index contributed by atoms with van der Waals surface area (Å²) in [5.41, 5.74) is 1.11. The smallest absolute Gasteiger partial charge is 0.0587 e. The Bertz CT molecular complexity index is 312. The molecule has 1 fully saturated rings. The summed E-state index contributed by atoms with van der Waals surface area (Å²) in [6.45, 7) is 4.37. The molecule has 1 aromatic heterocycles. The van der Waals surface area contributed by atoms with Crippen LogP contribution < -0.4 is 5.32 Å². The zero-order valence-electron chi connectivity index (χ0n) is 10.2. The van der Waals surface area contributed by atoms with Gasteiger partial charge in [0.25, 0.3) is 0 Å². The number of pyridine rings is 1. The van der Waals surface area contributed by atoms with E-state index in [-0.39, 0.29) is 12.6 Å². The lowest BCUT2D eigenvalue weighted by molar-refractivity contribution is 0.104. The van der Waals surface area contributed by atoms with E-state index in [0.29, 0.717) is 0 Å². The number of aromatic nitrogens is 1. The van der Waals surface area contributed by atoms with E-state index in [1.54, 1.807) is 0 Å². The Kier molecular flexibility index (Phi) is 4.91. The molecule has 17 heavy (non-hydrogen) atoms. The average Bonchev–Trinajstić information content (AvgIpc) is 2.42. The van der Waals surface area contributed by atoms with Crippen LogP contribution >= 0.6 is 0 Å². The van der Waals surface area contributed by atoms with Crippen molar-refractivity contribution in [3.8, 4) is 0 Å². The van der Waals surface area contributed by atoms with Gasteiger partial charge in [-0.05, 0) is 25.0 Å². The van der Waals surface area contributed by atoms with Crippen LogP contribution in [0.4, 0.5) is 0 Å². The maximum atomic E-state index is 9.47. The highest BCUT2D eigenvalue weighted by molar-refractivity contribution is 5.03. The highest BCUT2D eigenvalue weighted by Gasteiger charge is 2.19. The van der Waals surface area contributed by atoms with E-state index in [1.165, 1.54) is 0 Å². The summed E-state index contributed by atoms with van der Waals surface area (Å²) < 4.78 is 0. The van der Waals surface area contributed by atoms with E-state index in [1.807, 2.05) is 24.4 Å². The van der Waals surface area contributed by atoms with Crippen molar-refractivity contribution in [2.24, 2.45) is 0 Å². The molecule has 2 N–H and O–H groups in total. The van der Waals surface area contributed by atoms with E-state index in [4.69, 9.17) is 0 Å². The summed E-state index contributed by atoms with van der Waals surface area (Å²) in [4.78, 5) is 6.69. The first-order valence-corrected chi connectivity index (χ1v) is 6.35. The Morgan fingerprint density at radius 3 is 2.82 bits per heavy atom. The minimum atomic E-state index is 0.243. The second-order valence-electron chi connectivity index (χ2n) is 4.48. The molecule has 0 spiro atoms. The molecule has 0 saturated carbocycles. The van der Waals surface area contributed by atoms with Crippen LogP contribution in [0.5, 0.6) is 0 Å². The van der Waals surface area contributed by atoms with Gasteiger partial charge in [0.2, 0.25) is 0 Å². The molecule has 1 unspecified atom stereocenters. The molecule has 0 radical (unpaired) electrons. The Morgan fingerprint density at radius 2 is 2.18 bits per heavy atom. The zero-order chi connectivity index (χ0) is 11.9. The van der Waals surface area contributed by atoms with Gasteiger partial charge >= 0.3 is 0 Å². The number of aliphatic hydroxyl groups excluding tert-OH is 1. The maximum absolute atomic E-state index is 9.47. The van der Waals surface area contributed by atoms with Gasteiger partial charge in [-0.1, -0.05) is 6.07 Å². The van der Waals surface area contributed by atoms with Crippen molar-refractivity contribution in [2.45, 2.75) is 18.9 Å². The normalized spacial score (nSPS) is 19.1. The van der Waals surface area contributed by atoms with E-state index < -0.39 is 0 Å². The molecular formula is C13H21N3O. The number of nitrogens with one attached hydrogen (secondary N) is 1. The number of hydrogen-bond acceptors (Lipinski definition) is 4. The lowest BCUT2D eigenvalue weighted by Gasteiger charge is -2.33. The molecule has 0 amide bonds. The SMILES string of the molecule is OCC(CCc1ccccn1)N1CCNCC1. The van der Waals surface area contributed by atoms with Gasteiger partial charge in [0, 0.05) is 44.1 Å². The average molecular weight is 235 g/mol. The predicted molar refractivity (Wildman–Crippen MR) is 67.9 cm³/mol. The summed E-state index contributed by atoms with van der Waals surface area (Å²) in [6, 6.07) is 6.27. The van der Waals surface area contributed by atoms with Crippen molar-refractivity contribution in [3.05, 3.63) is 30.1 Å². The lowest BCUT2D eigenvalue weighted by Crippen LogP contribution is -2.49. The number of aliphatic hydroxyl groups is 1. The second kappa shape index (κ2) is 6.69. The Balaban J connectivity index is 1.82. The van der Waals surface area contributed by atoms with Gasteiger partial charge < -0.3 is 10.4 Å². The van der Waals surface area contributed by atoms with Crippen molar-refractivity contribution in [3.63, 3.8) is 0 Å². The molecule has 1 saturated heterocycles. The molecule has 4 nitrogen and oxygen atoms in total. The van der Waals surface area contributed by atoms with Crippen LogP contribution in [0.2, 0.25) is 0 Å². The van der Waals surface area contributed by atoms with Crippen LogP contribution in [-0.2, 0) is 6.42 Å². The van der Waals surface area contributed by atoms with E-state index in [2.05, 4.69) is 15.2 Å². The quantitative estimate of drug-likeness (QED) is 0.769. The van der Waals surface area contributed by atoms with Crippen LogP contribution in [0, 0.1) is 0 Å². The van der Waals surface area contributed by atoms with Crippen LogP contribution in [-0.4, -0.2) is 53.8 Å². The zero-order valence-corrected chi connectivity index (χ0v) is 10.2. The molecule has 1 aromatic rings. The van der Waals surface area contributed by atoms with Crippen LogP contribution in [0.3, 0.4) is 0 Å². The predicted octanol–water partition coefficient (Wildman–Crippen LogP) is 0.280. The van der Waals surface area contributed by atoms with E-state index in [0.717, 1.165) is 44.7 Å². The summed E-state index contributed by atoms with van der Waals surface area (Å²) in [5, 5.41) is 12.8. The van der Waals surface area contributed by atoms with Gasteiger partial charge in [-0.3, -0.25) is 9.88 Å². The number of piperazine rings is 1. The molecule has 94 valence electrons. The first kappa shape index (κ1) is 12.5. The van der Waals surface area contributed by atoms with Crippen molar-refractivity contribution in [2.75, 3.05) is 32.8 Å². The molecule has 1 aliphatic heterocycles. The largest absolute Gasteiger partial charge is 0.395 e. The monoisotopic (exact) mass is 235 g/mol. The highest BCUT2D eigenvalue weighted by Crippen LogP contribution is 2.09. The minimum Gasteiger partial charge on any atom is -0.395 e. The van der Waals surface area contributed by atoms with Gasteiger partial charge in [-0.2, -0.15) is 0 Å².